The highest BCUT2D eigenvalue weighted by atomic mass is 79.9. The second-order valence-electron chi connectivity index (χ2n) is 8.67. The smallest absolute Gasteiger partial charge is 0.163 e. The Labute approximate surface area is 213 Å². The molecule has 35 heavy (non-hydrogen) atoms. The van der Waals surface area contributed by atoms with E-state index in [9.17, 15) is 4.79 Å². The number of para-hydroxylation sites is 2. The zero-order chi connectivity index (χ0) is 24.5. The maximum absolute atomic E-state index is 13.8. The monoisotopic (exact) mass is 534 g/mol. The maximum atomic E-state index is 13.8. The average molecular weight is 535 g/mol. The van der Waals surface area contributed by atoms with E-state index in [0.717, 1.165) is 50.4 Å². The largest absolute Gasteiger partial charge is 0.497 e. The Morgan fingerprint density at radius 1 is 0.857 bits per heavy atom. The lowest BCUT2D eigenvalue weighted by Gasteiger charge is -2.30. The van der Waals surface area contributed by atoms with Gasteiger partial charge in [0.15, 0.2) is 17.3 Å². The standard InChI is InChI=1S/C28H27BrN2O4/c1-33-18-10-8-16(9-11-18)17-12-23-27(24(32)13-17)28(31-22-7-5-4-6-21(22)30-23)19-14-25(34-2)26(35-3)15-20(19)29/h4-11,14-15,17,28,30-31H,12-13H2,1-3H3/t17-,28+/m1/s1. The van der Waals surface area contributed by atoms with Crippen molar-refractivity contribution in [3.8, 4) is 17.2 Å². The minimum absolute atomic E-state index is 0.0828. The fraction of sp³-hybridized carbons (Fsp3) is 0.250. The molecule has 0 saturated carbocycles. The van der Waals surface area contributed by atoms with E-state index in [4.69, 9.17) is 14.2 Å². The normalized spacial score (nSPS) is 19.0. The fourth-order valence-electron chi connectivity index (χ4n) is 4.93. The van der Waals surface area contributed by atoms with Crippen LogP contribution in [-0.2, 0) is 4.79 Å². The molecule has 180 valence electrons. The second-order valence-corrected chi connectivity index (χ2v) is 9.52. The molecule has 0 unspecified atom stereocenters. The van der Waals surface area contributed by atoms with Crippen LogP contribution in [-0.4, -0.2) is 27.1 Å². The number of benzene rings is 3. The molecule has 0 aromatic heterocycles. The number of anilines is 2. The van der Waals surface area contributed by atoms with Gasteiger partial charge in [-0.25, -0.2) is 0 Å². The predicted octanol–water partition coefficient (Wildman–Crippen LogP) is 6.45. The van der Waals surface area contributed by atoms with E-state index in [1.54, 1.807) is 21.3 Å². The molecule has 0 radical (unpaired) electrons. The number of carbonyl (C=O) groups is 1. The summed E-state index contributed by atoms with van der Waals surface area (Å²) in [4.78, 5) is 13.8. The molecular formula is C28H27BrN2O4. The zero-order valence-electron chi connectivity index (χ0n) is 19.9. The molecule has 5 rings (SSSR count). The molecule has 6 nitrogen and oxygen atoms in total. The van der Waals surface area contributed by atoms with E-state index in [2.05, 4.69) is 26.6 Å². The molecule has 2 aliphatic rings. The van der Waals surface area contributed by atoms with Crippen LogP contribution in [0.1, 0.15) is 35.9 Å². The molecule has 0 bridgehead atoms. The molecule has 1 heterocycles. The minimum atomic E-state index is -0.361. The molecular weight excluding hydrogens is 508 g/mol. The van der Waals surface area contributed by atoms with Gasteiger partial charge >= 0.3 is 0 Å². The Bertz CT molecular complexity index is 1300. The van der Waals surface area contributed by atoms with Gasteiger partial charge in [-0.05, 0) is 59.9 Å². The molecule has 2 N–H and O–H groups in total. The van der Waals surface area contributed by atoms with Gasteiger partial charge in [0.2, 0.25) is 0 Å². The number of Topliss-reactive ketones (excluding diaryl/α,β-unsaturated/α-hetero) is 1. The summed E-state index contributed by atoms with van der Waals surface area (Å²) in [6.07, 6.45) is 1.16. The van der Waals surface area contributed by atoms with Crippen LogP contribution in [0, 0.1) is 0 Å². The molecule has 0 saturated heterocycles. The number of ether oxygens (including phenoxy) is 3. The first kappa shape index (κ1) is 23.3. The van der Waals surface area contributed by atoms with Crippen molar-refractivity contribution in [2.75, 3.05) is 32.0 Å². The van der Waals surface area contributed by atoms with E-state index in [-0.39, 0.29) is 17.7 Å². The maximum Gasteiger partial charge on any atom is 0.163 e. The SMILES string of the molecule is COc1ccc([C@H]2CC(=O)C3=C(C2)Nc2ccccc2N[C@H]3c2cc(OC)c(OC)cc2Br)cc1. The highest BCUT2D eigenvalue weighted by Crippen LogP contribution is 2.47. The number of hydrogen-bond acceptors (Lipinski definition) is 6. The van der Waals surface area contributed by atoms with Gasteiger partial charge in [0.1, 0.15) is 5.75 Å². The highest BCUT2D eigenvalue weighted by Gasteiger charge is 2.37. The first-order valence-corrected chi connectivity index (χ1v) is 12.3. The van der Waals surface area contributed by atoms with Crippen molar-refractivity contribution in [1.29, 1.82) is 0 Å². The summed E-state index contributed by atoms with van der Waals surface area (Å²) in [7, 11) is 4.88. The summed E-state index contributed by atoms with van der Waals surface area (Å²) in [5, 5.41) is 7.21. The fourth-order valence-corrected chi connectivity index (χ4v) is 5.48. The number of allylic oxidation sites excluding steroid dienone is 1. The van der Waals surface area contributed by atoms with Crippen molar-refractivity contribution in [3.05, 3.63) is 87.5 Å². The van der Waals surface area contributed by atoms with Crippen LogP contribution in [0.15, 0.2) is 76.4 Å². The second kappa shape index (κ2) is 9.66. The first-order valence-electron chi connectivity index (χ1n) is 11.5. The van der Waals surface area contributed by atoms with Crippen LogP contribution < -0.4 is 24.8 Å². The van der Waals surface area contributed by atoms with E-state index in [1.807, 2.05) is 60.7 Å². The molecule has 1 aliphatic carbocycles. The van der Waals surface area contributed by atoms with Gasteiger partial charge in [-0.1, -0.05) is 40.2 Å². The Balaban J connectivity index is 1.62. The van der Waals surface area contributed by atoms with Gasteiger partial charge < -0.3 is 24.8 Å². The summed E-state index contributed by atoms with van der Waals surface area (Å²) in [6.45, 7) is 0. The van der Waals surface area contributed by atoms with Crippen LogP contribution in [0.5, 0.6) is 17.2 Å². The summed E-state index contributed by atoms with van der Waals surface area (Å²) in [5.41, 5.74) is 5.60. The number of fused-ring (bicyclic) bond motifs is 1. The van der Waals surface area contributed by atoms with Crippen molar-refractivity contribution >= 4 is 33.1 Å². The molecule has 0 fully saturated rings. The average Bonchev–Trinajstić information content (AvgIpc) is 3.05. The van der Waals surface area contributed by atoms with E-state index < -0.39 is 0 Å². The van der Waals surface area contributed by atoms with Crippen LogP contribution >= 0.6 is 15.9 Å². The third-order valence-electron chi connectivity index (χ3n) is 6.71. The third-order valence-corrected chi connectivity index (χ3v) is 7.40. The number of hydrogen-bond donors (Lipinski definition) is 2. The van der Waals surface area contributed by atoms with Crippen LogP contribution in [0.25, 0.3) is 0 Å². The lowest BCUT2D eigenvalue weighted by molar-refractivity contribution is -0.116. The van der Waals surface area contributed by atoms with Gasteiger partial charge in [0.25, 0.3) is 0 Å². The third kappa shape index (κ3) is 4.36. The molecule has 0 amide bonds. The lowest BCUT2D eigenvalue weighted by Crippen LogP contribution is -2.27. The van der Waals surface area contributed by atoms with Crippen molar-refractivity contribution in [2.24, 2.45) is 0 Å². The van der Waals surface area contributed by atoms with Gasteiger partial charge in [-0.3, -0.25) is 4.79 Å². The predicted molar refractivity (Wildman–Crippen MR) is 141 cm³/mol. The van der Waals surface area contributed by atoms with Crippen molar-refractivity contribution in [2.45, 2.75) is 24.8 Å². The van der Waals surface area contributed by atoms with Crippen molar-refractivity contribution in [1.82, 2.24) is 0 Å². The lowest BCUT2D eigenvalue weighted by atomic mass is 9.78. The Hall–Kier alpha value is -3.45. The Morgan fingerprint density at radius 2 is 1.54 bits per heavy atom. The number of halogens is 1. The van der Waals surface area contributed by atoms with Crippen LogP contribution in [0.2, 0.25) is 0 Å². The summed E-state index contributed by atoms with van der Waals surface area (Å²) in [6, 6.07) is 19.5. The molecule has 3 aromatic rings. The summed E-state index contributed by atoms with van der Waals surface area (Å²) < 4.78 is 17.2. The quantitative estimate of drug-likeness (QED) is 0.391. The zero-order valence-corrected chi connectivity index (χ0v) is 21.4. The number of methoxy groups -OCH3 is 3. The first-order chi connectivity index (χ1) is 17.0. The summed E-state index contributed by atoms with van der Waals surface area (Å²) in [5.74, 6) is 2.24. The number of rotatable bonds is 5. The molecule has 7 heteroatoms. The Morgan fingerprint density at radius 3 is 2.23 bits per heavy atom. The van der Waals surface area contributed by atoms with Gasteiger partial charge in [-0.2, -0.15) is 0 Å². The highest BCUT2D eigenvalue weighted by molar-refractivity contribution is 9.10. The number of ketones is 1. The van der Waals surface area contributed by atoms with Gasteiger partial charge in [-0.15, -0.1) is 0 Å². The van der Waals surface area contributed by atoms with Gasteiger partial charge in [0, 0.05) is 22.2 Å². The molecule has 1 aliphatic heterocycles. The number of carbonyl (C=O) groups excluding carboxylic acids is 1. The van der Waals surface area contributed by atoms with Crippen molar-refractivity contribution in [3.63, 3.8) is 0 Å². The molecule has 3 aromatic carbocycles. The van der Waals surface area contributed by atoms with Crippen LogP contribution in [0.3, 0.4) is 0 Å². The molecule has 0 spiro atoms. The topological polar surface area (TPSA) is 68.8 Å². The van der Waals surface area contributed by atoms with E-state index in [1.165, 1.54) is 0 Å². The minimum Gasteiger partial charge on any atom is -0.497 e. The van der Waals surface area contributed by atoms with Crippen molar-refractivity contribution < 1.29 is 19.0 Å². The van der Waals surface area contributed by atoms with Gasteiger partial charge in [0.05, 0.1) is 38.7 Å². The summed E-state index contributed by atoms with van der Waals surface area (Å²) >= 11 is 3.71. The number of nitrogens with one attached hydrogen (secondary N) is 2. The van der Waals surface area contributed by atoms with E-state index >= 15 is 0 Å². The Kier molecular flexibility index (Phi) is 6.43. The van der Waals surface area contributed by atoms with Crippen LogP contribution in [0.4, 0.5) is 11.4 Å². The van der Waals surface area contributed by atoms with E-state index in [0.29, 0.717) is 17.9 Å². The molecule has 2 atom stereocenters.